The highest BCUT2D eigenvalue weighted by Crippen LogP contribution is 2.29. The van der Waals surface area contributed by atoms with Crippen molar-refractivity contribution in [2.45, 2.75) is 31.2 Å². The van der Waals surface area contributed by atoms with E-state index in [9.17, 15) is 31.3 Å². The zero-order chi connectivity index (χ0) is 19.0. The van der Waals surface area contributed by atoms with Crippen LogP contribution in [0.15, 0.2) is 23.1 Å². The van der Waals surface area contributed by atoms with Crippen molar-refractivity contribution in [3.63, 3.8) is 0 Å². The molecule has 1 aromatic rings. The zero-order valence-electron chi connectivity index (χ0n) is 13.8. The normalized spacial score (nSPS) is 20.3. The van der Waals surface area contributed by atoms with Crippen molar-refractivity contribution >= 4 is 25.5 Å². The van der Waals surface area contributed by atoms with E-state index >= 15 is 0 Å². The maximum atomic E-state index is 13.5. The molecule has 0 spiro atoms. The summed E-state index contributed by atoms with van der Waals surface area (Å²) in [4.78, 5) is 9.44. The van der Waals surface area contributed by atoms with E-state index in [1.54, 1.807) is 13.8 Å². The standard InChI is InChI=1S/C14H19FN2O6S2/c1-10(2)8-16(11-5-6-24(20,21)9-11)25(22,23)12-3-4-13(15)14(7-12)17(18)19/h3-4,7,10-11H,5-6,8-9H2,1-2H3/t11-/m1/s1. The topological polar surface area (TPSA) is 115 Å². The first-order valence-corrected chi connectivity index (χ1v) is 10.9. The Kier molecular flexibility index (Phi) is 5.50. The molecule has 1 atom stereocenters. The second kappa shape index (κ2) is 6.96. The van der Waals surface area contributed by atoms with Crippen molar-refractivity contribution in [1.29, 1.82) is 0 Å². The molecule has 0 bridgehead atoms. The number of sulfonamides is 1. The molecule has 8 nitrogen and oxygen atoms in total. The highest BCUT2D eigenvalue weighted by molar-refractivity contribution is 7.92. The Morgan fingerprint density at radius 2 is 2.04 bits per heavy atom. The van der Waals surface area contributed by atoms with Gasteiger partial charge in [-0.3, -0.25) is 10.1 Å². The smallest absolute Gasteiger partial charge is 0.258 e. The number of hydrogen-bond acceptors (Lipinski definition) is 6. The molecule has 1 aliphatic heterocycles. The first-order chi connectivity index (χ1) is 11.4. The van der Waals surface area contributed by atoms with E-state index in [4.69, 9.17) is 0 Å². The average Bonchev–Trinajstić information content (AvgIpc) is 2.84. The lowest BCUT2D eigenvalue weighted by atomic mass is 10.2. The van der Waals surface area contributed by atoms with Crippen LogP contribution in [0.25, 0.3) is 0 Å². The van der Waals surface area contributed by atoms with Crippen LogP contribution >= 0.6 is 0 Å². The van der Waals surface area contributed by atoms with Crippen molar-refractivity contribution in [2.75, 3.05) is 18.1 Å². The van der Waals surface area contributed by atoms with Crippen molar-refractivity contribution in [3.8, 4) is 0 Å². The summed E-state index contributed by atoms with van der Waals surface area (Å²) in [5.41, 5.74) is -0.940. The molecular formula is C14H19FN2O6S2. The Morgan fingerprint density at radius 1 is 1.40 bits per heavy atom. The van der Waals surface area contributed by atoms with Crippen molar-refractivity contribution in [3.05, 3.63) is 34.1 Å². The summed E-state index contributed by atoms with van der Waals surface area (Å²) < 4.78 is 63.9. The lowest BCUT2D eigenvalue weighted by molar-refractivity contribution is -0.387. The minimum absolute atomic E-state index is 0.0632. The number of nitro groups is 1. The molecule has 11 heteroatoms. The maximum Gasteiger partial charge on any atom is 0.306 e. The summed E-state index contributed by atoms with van der Waals surface area (Å²) in [6.45, 7) is 3.62. The highest BCUT2D eigenvalue weighted by Gasteiger charge is 2.39. The second-order valence-electron chi connectivity index (χ2n) is 6.40. The predicted octanol–water partition coefficient (Wildman–Crippen LogP) is 1.57. The monoisotopic (exact) mass is 394 g/mol. The summed E-state index contributed by atoms with van der Waals surface area (Å²) in [5, 5.41) is 10.9. The minimum atomic E-state index is -4.20. The third kappa shape index (κ3) is 4.33. The van der Waals surface area contributed by atoms with Gasteiger partial charge in [0, 0.05) is 18.7 Å². The van der Waals surface area contributed by atoms with Crippen LogP contribution in [0, 0.1) is 21.8 Å². The SMILES string of the molecule is CC(C)CN([C@@H]1CCS(=O)(=O)C1)S(=O)(=O)c1ccc(F)c([N+](=O)[O-])c1. The Bertz CT molecular complexity index is 883. The number of nitro benzene ring substituents is 1. The number of halogens is 1. The summed E-state index contributed by atoms with van der Waals surface area (Å²) in [5.74, 6) is -1.62. The van der Waals surface area contributed by atoms with Crippen LogP contribution in [0.2, 0.25) is 0 Å². The molecule has 0 N–H and O–H groups in total. The van der Waals surface area contributed by atoms with Gasteiger partial charge in [0.05, 0.1) is 21.3 Å². The van der Waals surface area contributed by atoms with Crippen LogP contribution < -0.4 is 0 Å². The first-order valence-electron chi connectivity index (χ1n) is 7.60. The van der Waals surface area contributed by atoms with Gasteiger partial charge >= 0.3 is 5.69 Å². The largest absolute Gasteiger partial charge is 0.306 e. The molecule has 140 valence electrons. The summed E-state index contributed by atoms with van der Waals surface area (Å²) in [6, 6.07) is 1.61. The number of hydrogen-bond donors (Lipinski definition) is 0. The minimum Gasteiger partial charge on any atom is -0.258 e. The lowest BCUT2D eigenvalue weighted by Gasteiger charge is -2.28. The number of nitrogens with zero attached hydrogens (tertiary/aromatic N) is 2. The fourth-order valence-electron chi connectivity index (χ4n) is 2.73. The molecular weight excluding hydrogens is 375 g/mol. The molecule has 0 amide bonds. The van der Waals surface area contributed by atoms with Crippen LogP contribution in [0.3, 0.4) is 0 Å². The quantitative estimate of drug-likeness (QED) is 0.534. The summed E-state index contributed by atoms with van der Waals surface area (Å²) in [7, 11) is -7.53. The van der Waals surface area contributed by atoms with Gasteiger partial charge in [-0.05, 0) is 24.5 Å². The predicted molar refractivity (Wildman–Crippen MR) is 88.8 cm³/mol. The molecule has 1 saturated heterocycles. The molecule has 1 aromatic carbocycles. The molecule has 0 aliphatic carbocycles. The molecule has 0 unspecified atom stereocenters. The molecule has 1 fully saturated rings. The third-order valence-electron chi connectivity index (χ3n) is 3.88. The third-order valence-corrected chi connectivity index (χ3v) is 7.55. The van der Waals surface area contributed by atoms with E-state index in [1.165, 1.54) is 0 Å². The Balaban J connectivity index is 2.48. The second-order valence-corrected chi connectivity index (χ2v) is 10.5. The summed E-state index contributed by atoms with van der Waals surface area (Å²) >= 11 is 0. The van der Waals surface area contributed by atoms with Gasteiger partial charge in [-0.25, -0.2) is 16.8 Å². The Morgan fingerprint density at radius 3 is 2.52 bits per heavy atom. The van der Waals surface area contributed by atoms with Gasteiger partial charge in [0.1, 0.15) is 0 Å². The van der Waals surface area contributed by atoms with Gasteiger partial charge in [0.2, 0.25) is 15.8 Å². The van der Waals surface area contributed by atoms with Gasteiger partial charge in [-0.2, -0.15) is 8.70 Å². The molecule has 1 aliphatic rings. The van der Waals surface area contributed by atoms with Gasteiger partial charge in [-0.15, -0.1) is 0 Å². The highest BCUT2D eigenvalue weighted by atomic mass is 32.2. The van der Waals surface area contributed by atoms with E-state index in [1.807, 2.05) is 0 Å². The van der Waals surface area contributed by atoms with Crippen LogP contribution in [-0.4, -0.2) is 50.2 Å². The zero-order valence-corrected chi connectivity index (χ0v) is 15.4. The summed E-state index contributed by atoms with van der Waals surface area (Å²) in [6.07, 6.45) is 0.164. The van der Waals surface area contributed by atoms with Gasteiger partial charge in [0.25, 0.3) is 0 Å². The Labute approximate surface area is 145 Å². The number of sulfone groups is 1. The molecule has 0 saturated carbocycles. The molecule has 0 aromatic heterocycles. The van der Waals surface area contributed by atoms with Gasteiger partial charge in [-0.1, -0.05) is 13.8 Å². The lowest BCUT2D eigenvalue weighted by Crippen LogP contribution is -2.43. The average molecular weight is 394 g/mol. The van der Waals surface area contributed by atoms with Crippen molar-refractivity contribution < 1.29 is 26.1 Å². The van der Waals surface area contributed by atoms with Gasteiger partial charge in [0.15, 0.2) is 9.84 Å². The van der Waals surface area contributed by atoms with E-state index in [-0.39, 0.29) is 30.4 Å². The van der Waals surface area contributed by atoms with Crippen LogP contribution in [0.1, 0.15) is 20.3 Å². The molecule has 1 heterocycles. The fourth-order valence-corrected chi connectivity index (χ4v) is 6.40. The Hall–Kier alpha value is -1.59. The fraction of sp³-hybridized carbons (Fsp3) is 0.571. The maximum absolute atomic E-state index is 13.5. The van der Waals surface area contributed by atoms with Crippen LogP contribution in [0.5, 0.6) is 0 Å². The van der Waals surface area contributed by atoms with E-state index in [0.717, 1.165) is 16.4 Å². The van der Waals surface area contributed by atoms with Gasteiger partial charge < -0.3 is 0 Å². The first kappa shape index (κ1) is 19.7. The molecule has 0 radical (unpaired) electrons. The molecule has 25 heavy (non-hydrogen) atoms. The van der Waals surface area contributed by atoms with Crippen LogP contribution in [0.4, 0.5) is 10.1 Å². The van der Waals surface area contributed by atoms with Crippen LogP contribution in [-0.2, 0) is 19.9 Å². The van der Waals surface area contributed by atoms with Crippen molar-refractivity contribution in [2.24, 2.45) is 5.92 Å². The number of benzene rings is 1. The van der Waals surface area contributed by atoms with E-state index in [2.05, 4.69) is 0 Å². The van der Waals surface area contributed by atoms with E-state index in [0.29, 0.717) is 6.07 Å². The number of rotatable bonds is 6. The molecule has 2 rings (SSSR count). The van der Waals surface area contributed by atoms with Crippen molar-refractivity contribution in [1.82, 2.24) is 4.31 Å². The van der Waals surface area contributed by atoms with E-state index < -0.39 is 47.2 Å².